The predicted molar refractivity (Wildman–Crippen MR) is 66.5 cm³/mol. The van der Waals surface area contributed by atoms with E-state index >= 15 is 0 Å². The number of piperidine rings is 1. The van der Waals surface area contributed by atoms with Gasteiger partial charge in [-0.25, -0.2) is 0 Å². The third kappa shape index (κ3) is 2.00. The highest BCUT2D eigenvalue weighted by molar-refractivity contribution is 5.84. The molecule has 4 heteroatoms. The van der Waals surface area contributed by atoms with Crippen LogP contribution in [0.15, 0.2) is 24.3 Å². The maximum absolute atomic E-state index is 11.9. The van der Waals surface area contributed by atoms with Crippen LogP contribution < -0.4 is 11.1 Å². The van der Waals surface area contributed by atoms with E-state index in [1.807, 2.05) is 23.1 Å². The van der Waals surface area contributed by atoms with Gasteiger partial charge in [-0.3, -0.25) is 4.79 Å². The van der Waals surface area contributed by atoms with Crippen LogP contribution in [0.2, 0.25) is 0 Å². The zero-order valence-corrected chi connectivity index (χ0v) is 9.73. The van der Waals surface area contributed by atoms with Crippen molar-refractivity contribution in [3.05, 3.63) is 29.8 Å². The maximum atomic E-state index is 11.9. The standard InChI is InChI=1S/C13H17N3O/c14-10-3-1-2-9(6-10)4-5-16-8-11-7-12(15-11)13(16)17/h1-3,6,11-12,15H,4-5,7-8,14H2. The predicted octanol–water partition coefficient (Wildman–Crippen LogP) is 0.384. The quantitative estimate of drug-likeness (QED) is 0.740. The summed E-state index contributed by atoms with van der Waals surface area (Å²) in [5.74, 6) is 0.261. The molecule has 0 saturated carbocycles. The van der Waals surface area contributed by atoms with E-state index in [1.165, 1.54) is 5.56 Å². The molecule has 17 heavy (non-hydrogen) atoms. The van der Waals surface area contributed by atoms with Gasteiger partial charge in [-0.2, -0.15) is 0 Å². The highest BCUT2D eigenvalue weighted by Crippen LogP contribution is 2.22. The Morgan fingerprint density at radius 2 is 2.29 bits per heavy atom. The second-order valence-electron chi connectivity index (χ2n) is 4.93. The molecule has 3 heterocycles. The third-order valence-corrected chi connectivity index (χ3v) is 3.63. The SMILES string of the molecule is Nc1cccc(CCN2CC3CC(N3)C2=O)c1. The van der Waals surface area contributed by atoms with Gasteiger partial charge in [-0.05, 0) is 30.5 Å². The summed E-state index contributed by atoms with van der Waals surface area (Å²) in [5.41, 5.74) is 7.72. The van der Waals surface area contributed by atoms with E-state index in [9.17, 15) is 4.79 Å². The number of nitrogens with one attached hydrogen (secondary N) is 1. The number of rotatable bonds is 3. The van der Waals surface area contributed by atoms with Crippen molar-refractivity contribution in [1.82, 2.24) is 10.2 Å². The Bertz CT molecular complexity index is 440. The highest BCUT2D eigenvalue weighted by atomic mass is 16.2. The van der Waals surface area contributed by atoms with Gasteiger partial charge in [0.05, 0.1) is 6.04 Å². The summed E-state index contributed by atoms with van der Waals surface area (Å²) in [5, 5.41) is 3.26. The van der Waals surface area contributed by atoms with Crippen LogP contribution in [0.3, 0.4) is 0 Å². The van der Waals surface area contributed by atoms with Crippen molar-refractivity contribution in [3.63, 3.8) is 0 Å². The lowest BCUT2D eigenvalue weighted by molar-refractivity contribution is -0.142. The molecule has 3 fully saturated rings. The van der Waals surface area contributed by atoms with E-state index in [4.69, 9.17) is 5.73 Å². The van der Waals surface area contributed by atoms with E-state index in [-0.39, 0.29) is 11.9 Å². The van der Waals surface area contributed by atoms with Crippen LogP contribution in [-0.4, -0.2) is 36.0 Å². The fourth-order valence-electron chi connectivity index (χ4n) is 2.63. The summed E-state index contributed by atoms with van der Waals surface area (Å²) in [6.45, 7) is 1.66. The Labute approximate surface area is 101 Å². The smallest absolute Gasteiger partial charge is 0.239 e. The topological polar surface area (TPSA) is 58.4 Å². The Hall–Kier alpha value is -1.55. The van der Waals surface area contributed by atoms with Crippen molar-refractivity contribution < 1.29 is 4.79 Å². The number of hydrogen-bond acceptors (Lipinski definition) is 3. The van der Waals surface area contributed by atoms with Gasteiger partial charge in [-0.15, -0.1) is 0 Å². The number of carbonyl (C=O) groups excluding carboxylic acids is 1. The zero-order chi connectivity index (χ0) is 11.8. The van der Waals surface area contributed by atoms with Crippen molar-refractivity contribution in [2.24, 2.45) is 0 Å². The third-order valence-electron chi connectivity index (χ3n) is 3.63. The number of nitrogen functional groups attached to an aromatic ring is 1. The van der Waals surface area contributed by atoms with Crippen LogP contribution in [0.1, 0.15) is 12.0 Å². The van der Waals surface area contributed by atoms with Crippen LogP contribution >= 0.6 is 0 Å². The molecule has 0 aromatic heterocycles. The van der Waals surface area contributed by atoms with E-state index in [2.05, 4.69) is 11.4 Å². The minimum atomic E-state index is 0.0922. The summed E-state index contributed by atoms with van der Waals surface area (Å²) in [4.78, 5) is 13.9. The first-order valence-corrected chi connectivity index (χ1v) is 6.11. The number of piperazine rings is 1. The van der Waals surface area contributed by atoms with Gasteiger partial charge in [-0.1, -0.05) is 12.1 Å². The molecule has 0 spiro atoms. The molecule has 3 aliphatic rings. The highest BCUT2D eigenvalue weighted by Gasteiger charge is 2.42. The summed E-state index contributed by atoms with van der Waals surface area (Å²) in [6, 6.07) is 8.50. The number of amides is 1. The average Bonchev–Trinajstić information content (AvgIpc) is 2.26. The first-order chi connectivity index (χ1) is 8.22. The molecular weight excluding hydrogens is 214 g/mol. The first-order valence-electron chi connectivity index (χ1n) is 6.11. The lowest BCUT2D eigenvalue weighted by Gasteiger charge is -2.47. The second-order valence-corrected chi connectivity index (χ2v) is 4.93. The molecule has 3 N–H and O–H groups in total. The first kappa shape index (κ1) is 10.6. The molecule has 2 bridgehead atoms. The van der Waals surface area contributed by atoms with Gasteiger partial charge in [0, 0.05) is 24.8 Å². The molecule has 90 valence electrons. The summed E-state index contributed by atoms with van der Waals surface area (Å²) in [7, 11) is 0. The fourth-order valence-corrected chi connectivity index (χ4v) is 2.63. The number of carbonyl (C=O) groups is 1. The lowest BCUT2D eigenvalue weighted by atomic mass is 9.90. The number of nitrogens with zero attached hydrogens (tertiary/aromatic N) is 1. The van der Waals surface area contributed by atoms with Crippen molar-refractivity contribution >= 4 is 11.6 Å². The Balaban J connectivity index is 1.59. The van der Waals surface area contributed by atoms with E-state index in [1.54, 1.807) is 0 Å². The second kappa shape index (κ2) is 4.04. The van der Waals surface area contributed by atoms with Crippen molar-refractivity contribution in [2.45, 2.75) is 24.9 Å². The van der Waals surface area contributed by atoms with Gasteiger partial charge in [0.2, 0.25) is 5.91 Å². The molecular formula is C13H17N3O. The van der Waals surface area contributed by atoms with Crippen LogP contribution in [0.5, 0.6) is 0 Å². The number of anilines is 1. The molecule has 0 aliphatic carbocycles. The summed E-state index contributed by atoms with van der Waals surface area (Å²) < 4.78 is 0. The van der Waals surface area contributed by atoms with E-state index in [0.29, 0.717) is 6.04 Å². The van der Waals surface area contributed by atoms with Gasteiger partial charge in [0.1, 0.15) is 0 Å². The fraction of sp³-hybridized carbons (Fsp3) is 0.462. The minimum Gasteiger partial charge on any atom is -0.399 e. The van der Waals surface area contributed by atoms with Crippen LogP contribution in [0.25, 0.3) is 0 Å². The maximum Gasteiger partial charge on any atom is 0.239 e. The average molecular weight is 231 g/mol. The van der Waals surface area contributed by atoms with Gasteiger partial charge in [0.15, 0.2) is 0 Å². The number of nitrogens with two attached hydrogens (primary N) is 1. The molecule has 0 radical (unpaired) electrons. The van der Waals surface area contributed by atoms with Gasteiger partial charge >= 0.3 is 0 Å². The van der Waals surface area contributed by atoms with Gasteiger partial charge in [0.25, 0.3) is 0 Å². The molecule has 3 saturated heterocycles. The number of fused-ring (bicyclic) bond motifs is 2. The van der Waals surface area contributed by atoms with Crippen molar-refractivity contribution in [3.8, 4) is 0 Å². The summed E-state index contributed by atoms with van der Waals surface area (Å²) >= 11 is 0. The number of benzene rings is 1. The Morgan fingerprint density at radius 1 is 1.47 bits per heavy atom. The molecule has 1 aromatic rings. The van der Waals surface area contributed by atoms with Crippen molar-refractivity contribution in [2.75, 3.05) is 18.8 Å². The lowest BCUT2D eigenvalue weighted by Crippen LogP contribution is -2.69. The molecule has 4 rings (SSSR count). The molecule has 2 unspecified atom stereocenters. The monoisotopic (exact) mass is 231 g/mol. The molecule has 4 nitrogen and oxygen atoms in total. The molecule has 1 amide bonds. The Kier molecular flexibility index (Phi) is 2.52. The minimum absolute atomic E-state index is 0.0922. The normalized spacial score (nSPS) is 26.8. The van der Waals surface area contributed by atoms with Crippen LogP contribution in [0.4, 0.5) is 5.69 Å². The van der Waals surface area contributed by atoms with Crippen LogP contribution in [0, 0.1) is 0 Å². The molecule has 2 atom stereocenters. The van der Waals surface area contributed by atoms with E-state index < -0.39 is 0 Å². The van der Waals surface area contributed by atoms with Crippen molar-refractivity contribution in [1.29, 1.82) is 0 Å². The largest absolute Gasteiger partial charge is 0.399 e. The zero-order valence-electron chi connectivity index (χ0n) is 9.73. The Morgan fingerprint density at radius 3 is 3.00 bits per heavy atom. The van der Waals surface area contributed by atoms with Gasteiger partial charge < -0.3 is 16.0 Å². The van der Waals surface area contributed by atoms with E-state index in [0.717, 1.165) is 31.6 Å². The summed E-state index contributed by atoms with van der Waals surface area (Å²) in [6.07, 6.45) is 1.91. The molecule has 1 aromatic carbocycles. The number of hydrogen-bond donors (Lipinski definition) is 2. The van der Waals surface area contributed by atoms with Crippen LogP contribution in [-0.2, 0) is 11.2 Å². The molecule has 3 aliphatic heterocycles.